The number of hydrogen-bond donors (Lipinski definition) is 0. The third-order valence-corrected chi connectivity index (χ3v) is 5.03. The summed E-state index contributed by atoms with van der Waals surface area (Å²) in [6, 6.07) is 5.98. The van der Waals surface area contributed by atoms with E-state index in [9.17, 15) is 27.2 Å². The van der Waals surface area contributed by atoms with Crippen LogP contribution < -0.4 is 4.74 Å². The van der Waals surface area contributed by atoms with Crippen molar-refractivity contribution in [3.8, 4) is 11.4 Å². The molecular formula is C22H17BrF4N2O4. The lowest BCUT2D eigenvalue weighted by atomic mass is 9.97. The van der Waals surface area contributed by atoms with Crippen LogP contribution in [0.4, 0.5) is 17.6 Å². The van der Waals surface area contributed by atoms with Gasteiger partial charge in [-0.1, -0.05) is 15.9 Å². The molecule has 0 aliphatic carbocycles. The normalized spacial score (nSPS) is 12.0. The molecule has 1 heterocycles. The van der Waals surface area contributed by atoms with Crippen molar-refractivity contribution in [2.24, 2.45) is 0 Å². The van der Waals surface area contributed by atoms with E-state index in [1.165, 1.54) is 6.07 Å². The van der Waals surface area contributed by atoms with Crippen molar-refractivity contribution in [1.82, 2.24) is 9.55 Å². The number of carbonyl (C=O) groups is 2. The molecule has 0 radical (unpaired) electrons. The third-order valence-electron chi connectivity index (χ3n) is 4.54. The largest absolute Gasteiger partial charge is 0.449 e. The first-order valence-corrected chi connectivity index (χ1v) is 10.2. The van der Waals surface area contributed by atoms with Gasteiger partial charge in [0.15, 0.2) is 23.5 Å². The number of halogens is 5. The molecule has 6 nitrogen and oxygen atoms in total. The highest BCUT2D eigenvalue weighted by atomic mass is 79.9. The second-order valence-corrected chi connectivity index (χ2v) is 7.92. The molecule has 0 N–H and O–H groups in total. The fourth-order valence-corrected chi connectivity index (χ4v) is 3.65. The van der Waals surface area contributed by atoms with E-state index in [1.54, 1.807) is 36.7 Å². The van der Waals surface area contributed by atoms with E-state index >= 15 is 0 Å². The van der Waals surface area contributed by atoms with E-state index in [1.807, 2.05) is 0 Å². The van der Waals surface area contributed by atoms with Gasteiger partial charge in [-0.3, -0.25) is 9.59 Å². The average Bonchev–Trinajstić information content (AvgIpc) is 3.05. The first kappa shape index (κ1) is 24.4. The number of hydrogen-bond acceptors (Lipinski definition) is 5. The van der Waals surface area contributed by atoms with Gasteiger partial charge in [0, 0.05) is 28.7 Å². The Morgan fingerprint density at radius 1 is 1.09 bits per heavy atom. The zero-order valence-corrected chi connectivity index (χ0v) is 19.1. The van der Waals surface area contributed by atoms with Crippen molar-refractivity contribution >= 4 is 27.7 Å². The van der Waals surface area contributed by atoms with Gasteiger partial charge in [0.25, 0.3) is 0 Å². The summed E-state index contributed by atoms with van der Waals surface area (Å²) < 4.78 is 64.7. The molecule has 3 rings (SSSR count). The third kappa shape index (κ3) is 5.41. The fourth-order valence-electron chi connectivity index (χ4n) is 3.29. The first-order valence-electron chi connectivity index (χ1n) is 9.45. The van der Waals surface area contributed by atoms with Crippen LogP contribution in [0.15, 0.2) is 41.0 Å². The summed E-state index contributed by atoms with van der Waals surface area (Å²) in [7, 11) is 0. The molecule has 0 saturated heterocycles. The summed E-state index contributed by atoms with van der Waals surface area (Å²) in [5.74, 6) is -5.40. The Labute approximate surface area is 194 Å². The molecular weight excluding hydrogens is 512 g/mol. The van der Waals surface area contributed by atoms with Crippen LogP contribution in [0.25, 0.3) is 5.69 Å². The van der Waals surface area contributed by atoms with Crippen molar-refractivity contribution in [3.05, 3.63) is 75.3 Å². The predicted octanol–water partition coefficient (Wildman–Crippen LogP) is 5.62. The molecule has 0 fully saturated rings. The Balaban J connectivity index is 2.14. The zero-order valence-electron chi connectivity index (χ0n) is 17.5. The van der Waals surface area contributed by atoms with Gasteiger partial charge in [0.2, 0.25) is 5.78 Å². The minimum Gasteiger partial charge on any atom is -0.449 e. The standard InChI is InChI=1S/C22H17BrF4N2O4/c1-10-9-29(11(2)28-10)18-5-4-14(23)8-15(18)19(31)20(32-12(3)30)13-6-16(24)21(17(25)7-13)33-22(26)27/h4-9,20,22H,1-3H3. The molecule has 0 amide bonds. The van der Waals surface area contributed by atoms with Crippen LogP contribution in [0, 0.1) is 25.5 Å². The van der Waals surface area contributed by atoms with Crippen LogP contribution in [0.5, 0.6) is 5.75 Å². The number of nitrogens with zero attached hydrogens (tertiary/aromatic N) is 2. The van der Waals surface area contributed by atoms with Crippen LogP contribution in [0.2, 0.25) is 0 Å². The van der Waals surface area contributed by atoms with E-state index in [4.69, 9.17) is 4.74 Å². The SMILES string of the molecule is CC(=O)OC(C(=O)c1cc(Br)ccc1-n1cc(C)nc1C)c1cc(F)c(OC(F)F)c(F)c1. The van der Waals surface area contributed by atoms with Crippen molar-refractivity contribution in [1.29, 1.82) is 0 Å². The lowest BCUT2D eigenvalue weighted by Crippen LogP contribution is -2.21. The van der Waals surface area contributed by atoms with Gasteiger partial charge in [-0.2, -0.15) is 8.78 Å². The Kier molecular flexibility index (Phi) is 7.21. The van der Waals surface area contributed by atoms with Crippen LogP contribution in [-0.2, 0) is 9.53 Å². The summed E-state index contributed by atoms with van der Waals surface area (Å²) >= 11 is 3.28. The van der Waals surface area contributed by atoms with Gasteiger partial charge in [-0.25, -0.2) is 13.8 Å². The Bertz CT molecular complexity index is 1210. The van der Waals surface area contributed by atoms with E-state index in [0.717, 1.165) is 6.92 Å². The highest BCUT2D eigenvalue weighted by molar-refractivity contribution is 9.10. The number of rotatable bonds is 7. The number of ketones is 1. The Hall–Kier alpha value is -3.21. The number of alkyl halides is 2. The molecule has 0 aliphatic heterocycles. The number of imidazole rings is 1. The highest BCUT2D eigenvalue weighted by Crippen LogP contribution is 2.33. The smallest absolute Gasteiger partial charge is 0.387 e. The average molecular weight is 529 g/mol. The minimum atomic E-state index is -3.46. The number of carbonyl (C=O) groups excluding carboxylic acids is 2. The number of esters is 1. The number of benzene rings is 2. The number of ether oxygens (including phenoxy) is 2. The van der Waals surface area contributed by atoms with Crippen LogP contribution in [-0.4, -0.2) is 27.9 Å². The van der Waals surface area contributed by atoms with Crippen molar-refractivity contribution < 1.29 is 36.6 Å². The van der Waals surface area contributed by atoms with Gasteiger partial charge >= 0.3 is 12.6 Å². The minimum absolute atomic E-state index is 0.0600. The molecule has 0 aliphatic rings. The topological polar surface area (TPSA) is 70.4 Å². The number of aryl methyl sites for hydroxylation is 2. The number of Topliss-reactive ketones (excluding diaryl/α,β-unsaturated/α-hetero) is 1. The molecule has 1 aromatic heterocycles. The van der Waals surface area contributed by atoms with Gasteiger partial charge in [-0.15, -0.1) is 0 Å². The van der Waals surface area contributed by atoms with Gasteiger partial charge in [0.05, 0.1) is 11.4 Å². The zero-order chi connectivity index (χ0) is 24.4. The summed E-state index contributed by atoms with van der Waals surface area (Å²) in [6.07, 6.45) is -0.0727. The maximum absolute atomic E-state index is 14.3. The monoisotopic (exact) mass is 528 g/mol. The predicted molar refractivity (Wildman–Crippen MR) is 113 cm³/mol. The van der Waals surface area contributed by atoms with Crippen molar-refractivity contribution in [2.45, 2.75) is 33.5 Å². The van der Waals surface area contributed by atoms with Crippen LogP contribution >= 0.6 is 15.9 Å². The van der Waals surface area contributed by atoms with E-state index in [-0.39, 0.29) is 5.56 Å². The molecule has 174 valence electrons. The molecule has 3 aromatic rings. The van der Waals surface area contributed by atoms with Gasteiger partial charge < -0.3 is 14.0 Å². The molecule has 0 bridgehead atoms. The maximum atomic E-state index is 14.3. The lowest BCUT2D eigenvalue weighted by Gasteiger charge is -2.20. The lowest BCUT2D eigenvalue weighted by molar-refractivity contribution is -0.144. The molecule has 2 aromatic carbocycles. The maximum Gasteiger partial charge on any atom is 0.387 e. The Morgan fingerprint density at radius 3 is 2.24 bits per heavy atom. The second kappa shape index (κ2) is 9.74. The molecule has 1 atom stereocenters. The van der Waals surface area contributed by atoms with E-state index < -0.39 is 47.4 Å². The Morgan fingerprint density at radius 2 is 1.73 bits per heavy atom. The highest BCUT2D eigenvalue weighted by Gasteiger charge is 2.30. The molecule has 0 spiro atoms. The number of aromatic nitrogens is 2. The molecule has 1 unspecified atom stereocenters. The van der Waals surface area contributed by atoms with E-state index in [2.05, 4.69) is 25.7 Å². The van der Waals surface area contributed by atoms with Gasteiger partial charge in [0.1, 0.15) is 5.82 Å². The van der Waals surface area contributed by atoms with Crippen molar-refractivity contribution in [2.75, 3.05) is 0 Å². The summed E-state index contributed by atoms with van der Waals surface area (Å²) in [4.78, 5) is 29.5. The van der Waals surface area contributed by atoms with Crippen LogP contribution in [0.3, 0.4) is 0 Å². The molecule has 33 heavy (non-hydrogen) atoms. The summed E-state index contributed by atoms with van der Waals surface area (Å²) in [5, 5.41) is 0. The summed E-state index contributed by atoms with van der Waals surface area (Å²) in [6.45, 7) is 1.04. The molecule has 0 saturated carbocycles. The first-order chi connectivity index (χ1) is 15.5. The quantitative estimate of drug-likeness (QED) is 0.226. The van der Waals surface area contributed by atoms with Gasteiger partial charge in [-0.05, 0) is 44.2 Å². The summed E-state index contributed by atoms with van der Waals surface area (Å²) in [5.41, 5.74) is 0.738. The van der Waals surface area contributed by atoms with E-state index in [0.29, 0.717) is 33.8 Å². The second-order valence-electron chi connectivity index (χ2n) is 7.01. The fraction of sp³-hybridized carbons (Fsp3) is 0.227. The molecule has 11 heteroatoms. The van der Waals surface area contributed by atoms with Crippen LogP contribution in [0.1, 0.15) is 40.5 Å². The van der Waals surface area contributed by atoms with Crippen molar-refractivity contribution in [3.63, 3.8) is 0 Å².